The number of ether oxygens (including phenoxy) is 2. The van der Waals surface area contributed by atoms with Gasteiger partial charge >= 0.3 is 5.97 Å². The molecule has 0 amide bonds. The van der Waals surface area contributed by atoms with Crippen LogP contribution in [0.2, 0.25) is 0 Å². The second-order valence-corrected chi connectivity index (χ2v) is 4.82. The summed E-state index contributed by atoms with van der Waals surface area (Å²) < 4.78 is 10.3. The van der Waals surface area contributed by atoms with Crippen LogP contribution in [0.25, 0.3) is 0 Å². The number of carbonyl (C=O) groups excluding carboxylic acids is 1. The zero-order valence-electron chi connectivity index (χ0n) is 11.9. The van der Waals surface area contributed by atoms with Gasteiger partial charge in [0.05, 0.1) is 6.61 Å². The van der Waals surface area contributed by atoms with E-state index in [1.54, 1.807) is 0 Å². The molecule has 0 spiro atoms. The van der Waals surface area contributed by atoms with Gasteiger partial charge in [0, 0.05) is 6.92 Å². The summed E-state index contributed by atoms with van der Waals surface area (Å²) in [5.41, 5.74) is 1.72. The van der Waals surface area contributed by atoms with E-state index in [0.29, 0.717) is 0 Å². The van der Waals surface area contributed by atoms with Gasteiger partial charge in [-0.05, 0) is 11.1 Å². The van der Waals surface area contributed by atoms with Gasteiger partial charge in [0.2, 0.25) is 0 Å². The van der Waals surface area contributed by atoms with Crippen molar-refractivity contribution >= 4 is 5.97 Å². The lowest BCUT2D eigenvalue weighted by Crippen LogP contribution is -2.39. The minimum atomic E-state index is -1.97. The average Bonchev–Trinajstić information content (AvgIpc) is 2.52. The lowest BCUT2D eigenvalue weighted by molar-refractivity contribution is -0.226. The van der Waals surface area contributed by atoms with Crippen LogP contribution in [0.1, 0.15) is 18.1 Å². The van der Waals surface area contributed by atoms with Crippen molar-refractivity contribution in [3.8, 4) is 0 Å². The quantitative estimate of drug-likeness (QED) is 0.655. The summed E-state index contributed by atoms with van der Waals surface area (Å²) in [6.07, 6.45) is 0. The average molecular weight is 286 g/mol. The van der Waals surface area contributed by atoms with Crippen molar-refractivity contribution in [2.45, 2.75) is 25.9 Å². The molecule has 0 bridgehead atoms. The van der Waals surface area contributed by atoms with Crippen molar-refractivity contribution in [3.05, 3.63) is 71.8 Å². The molecular formula is C17H18O4. The number of hydrogen-bond acceptors (Lipinski definition) is 4. The Morgan fingerprint density at radius 2 is 1.43 bits per heavy atom. The second kappa shape index (κ2) is 7.02. The summed E-state index contributed by atoms with van der Waals surface area (Å²) in [5, 5.41) is 10.0. The highest BCUT2D eigenvalue weighted by molar-refractivity contribution is 5.77. The van der Waals surface area contributed by atoms with Crippen LogP contribution in [0.5, 0.6) is 0 Å². The topological polar surface area (TPSA) is 55.8 Å². The number of aliphatic hydroxyl groups is 1. The van der Waals surface area contributed by atoms with Gasteiger partial charge in [-0.1, -0.05) is 60.7 Å². The molecule has 0 aliphatic heterocycles. The van der Waals surface area contributed by atoms with Crippen LogP contribution in [0.3, 0.4) is 0 Å². The smallest absolute Gasteiger partial charge is 0.366 e. The minimum Gasteiger partial charge on any atom is -0.457 e. The van der Waals surface area contributed by atoms with Crippen LogP contribution in [-0.4, -0.2) is 16.9 Å². The van der Waals surface area contributed by atoms with E-state index < -0.39 is 11.8 Å². The molecule has 21 heavy (non-hydrogen) atoms. The molecule has 1 atom stereocenters. The summed E-state index contributed by atoms with van der Waals surface area (Å²) in [7, 11) is 0. The Bertz CT molecular complexity index is 564. The van der Waals surface area contributed by atoms with Crippen LogP contribution in [0.4, 0.5) is 0 Å². The number of carbonyl (C=O) groups is 1. The Morgan fingerprint density at radius 1 is 0.952 bits per heavy atom. The predicted octanol–water partition coefficient (Wildman–Crippen LogP) is 2.66. The highest BCUT2D eigenvalue weighted by atomic mass is 16.7. The molecule has 2 aromatic rings. The van der Waals surface area contributed by atoms with Crippen LogP contribution in [0, 0.1) is 0 Å². The first-order chi connectivity index (χ1) is 10.1. The summed E-state index contributed by atoms with van der Waals surface area (Å²) in [5.74, 6) is -2.77. The summed E-state index contributed by atoms with van der Waals surface area (Å²) in [6.45, 7) is 1.52. The summed E-state index contributed by atoms with van der Waals surface area (Å²) in [4.78, 5) is 11.9. The van der Waals surface area contributed by atoms with E-state index in [2.05, 4.69) is 0 Å². The van der Waals surface area contributed by atoms with E-state index in [1.165, 1.54) is 6.92 Å². The molecule has 1 unspecified atom stereocenters. The molecule has 4 nitrogen and oxygen atoms in total. The lowest BCUT2D eigenvalue weighted by Gasteiger charge is -2.21. The highest BCUT2D eigenvalue weighted by Gasteiger charge is 2.33. The summed E-state index contributed by atoms with van der Waals surface area (Å²) >= 11 is 0. The number of benzene rings is 2. The van der Waals surface area contributed by atoms with Crippen molar-refractivity contribution in [1.29, 1.82) is 0 Å². The standard InChI is InChI=1S/C17H18O4/c1-17(19,21-13-15-10-6-3-7-11-15)16(18)20-12-14-8-4-2-5-9-14/h2-11,19H,12-13H2,1H3. The molecule has 0 heterocycles. The number of rotatable bonds is 6. The largest absolute Gasteiger partial charge is 0.457 e. The fourth-order valence-corrected chi connectivity index (χ4v) is 1.71. The third-order valence-corrected chi connectivity index (χ3v) is 2.95. The van der Waals surface area contributed by atoms with E-state index in [1.807, 2.05) is 60.7 Å². The number of hydrogen-bond donors (Lipinski definition) is 1. The zero-order chi connectivity index (χ0) is 15.1. The lowest BCUT2D eigenvalue weighted by atomic mass is 10.2. The van der Waals surface area contributed by atoms with Crippen LogP contribution in [0.15, 0.2) is 60.7 Å². The molecule has 2 aromatic carbocycles. The molecule has 4 heteroatoms. The van der Waals surface area contributed by atoms with Gasteiger partial charge < -0.3 is 14.6 Å². The van der Waals surface area contributed by atoms with Gasteiger partial charge in [-0.3, -0.25) is 0 Å². The molecule has 0 aromatic heterocycles. The molecule has 0 aliphatic carbocycles. The fraction of sp³-hybridized carbons (Fsp3) is 0.235. The molecule has 110 valence electrons. The Balaban J connectivity index is 1.85. The van der Waals surface area contributed by atoms with Crippen molar-refractivity contribution in [1.82, 2.24) is 0 Å². The molecule has 0 radical (unpaired) electrons. The Kier molecular flexibility index (Phi) is 5.09. The van der Waals surface area contributed by atoms with Gasteiger partial charge in [-0.15, -0.1) is 0 Å². The maximum atomic E-state index is 11.9. The van der Waals surface area contributed by atoms with Gasteiger partial charge in [0.15, 0.2) is 0 Å². The maximum Gasteiger partial charge on any atom is 0.366 e. The van der Waals surface area contributed by atoms with E-state index >= 15 is 0 Å². The first-order valence-electron chi connectivity index (χ1n) is 6.69. The highest BCUT2D eigenvalue weighted by Crippen LogP contribution is 2.14. The van der Waals surface area contributed by atoms with Crippen LogP contribution in [-0.2, 0) is 27.5 Å². The molecule has 2 rings (SSSR count). The second-order valence-electron chi connectivity index (χ2n) is 4.82. The fourth-order valence-electron chi connectivity index (χ4n) is 1.71. The molecular weight excluding hydrogens is 268 g/mol. The van der Waals surface area contributed by atoms with E-state index in [0.717, 1.165) is 11.1 Å². The number of esters is 1. The zero-order valence-corrected chi connectivity index (χ0v) is 11.9. The van der Waals surface area contributed by atoms with Gasteiger partial charge in [0.1, 0.15) is 6.61 Å². The normalized spacial score (nSPS) is 13.4. The first kappa shape index (κ1) is 15.2. The third-order valence-electron chi connectivity index (χ3n) is 2.95. The van der Waals surface area contributed by atoms with Gasteiger partial charge in [0.25, 0.3) is 5.79 Å². The third kappa shape index (κ3) is 4.70. The van der Waals surface area contributed by atoms with Gasteiger partial charge in [-0.25, -0.2) is 4.79 Å². The van der Waals surface area contributed by atoms with Crippen LogP contribution >= 0.6 is 0 Å². The minimum absolute atomic E-state index is 0.102. The van der Waals surface area contributed by atoms with Crippen molar-refractivity contribution < 1.29 is 19.4 Å². The van der Waals surface area contributed by atoms with Crippen molar-refractivity contribution in [2.24, 2.45) is 0 Å². The van der Waals surface area contributed by atoms with Crippen molar-refractivity contribution in [3.63, 3.8) is 0 Å². The van der Waals surface area contributed by atoms with E-state index in [9.17, 15) is 9.90 Å². The molecule has 0 saturated carbocycles. The molecule has 0 saturated heterocycles. The van der Waals surface area contributed by atoms with E-state index in [-0.39, 0.29) is 13.2 Å². The Hall–Kier alpha value is -2.17. The molecule has 1 N–H and O–H groups in total. The Morgan fingerprint density at radius 3 is 1.95 bits per heavy atom. The monoisotopic (exact) mass is 286 g/mol. The van der Waals surface area contributed by atoms with E-state index in [4.69, 9.17) is 9.47 Å². The van der Waals surface area contributed by atoms with Crippen molar-refractivity contribution in [2.75, 3.05) is 0 Å². The summed E-state index contributed by atoms with van der Waals surface area (Å²) in [6, 6.07) is 18.6. The Labute approximate surface area is 123 Å². The molecule has 0 aliphatic rings. The maximum absolute atomic E-state index is 11.9. The molecule has 0 fully saturated rings. The van der Waals surface area contributed by atoms with Crippen LogP contribution < -0.4 is 0 Å². The van der Waals surface area contributed by atoms with Gasteiger partial charge in [-0.2, -0.15) is 0 Å². The first-order valence-corrected chi connectivity index (χ1v) is 6.69. The SMILES string of the molecule is CC(O)(OCc1ccccc1)C(=O)OCc1ccccc1. The predicted molar refractivity (Wildman–Crippen MR) is 78.1 cm³/mol.